The van der Waals surface area contributed by atoms with Crippen LogP contribution in [-0.4, -0.2) is 76.7 Å². The molecule has 9 heteroatoms. The molecule has 2 aliphatic rings. The van der Waals surface area contributed by atoms with Crippen LogP contribution in [0.5, 0.6) is 5.75 Å². The largest absolute Gasteiger partial charge is 0.493 e. The standard InChI is InChI=1S/C29H40N4O5/c1-2-3-13-31(15-6-12-30)27(35)20-33-19-23(21-8-9-25-22(18-21)11-17-38-25)28(29(36)37)24(33)10-16-32-14-5-4-7-26(32)34/h4-5,7-9,14,18,23-24,28H,2-3,6,10-13,15-17,19-20,30H2,1H3,(H,36,37)/t23-,24+,28-/m1/s1. The first-order chi connectivity index (χ1) is 18.4. The van der Waals surface area contributed by atoms with Gasteiger partial charge in [0, 0.05) is 56.8 Å². The second kappa shape index (κ2) is 13.1. The Bertz CT molecular complexity index is 1160. The van der Waals surface area contributed by atoms with Gasteiger partial charge in [0.25, 0.3) is 0 Å². The number of aromatic nitrogens is 1. The number of rotatable bonds is 13. The molecule has 0 radical (unpaired) electrons. The lowest BCUT2D eigenvalue weighted by Crippen LogP contribution is -2.45. The van der Waals surface area contributed by atoms with Gasteiger partial charge in [0.2, 0.25) is 11.5 Å². The second-order valence-corrected chi connectivity index (χ2v) is 10.3. The van der Waals surface area contributed by atoms with Crippen molar-refractivity contribution in [1.29, 1.82) is 0 Å². The normalized spacial score (nSPS) is 20.7. The molecule has 9 nitrogen and oxygen atoms in total. The van der Waals surface area contributed by atoms with Gasteiger partial charge in [0.1, 0.15) is 5.75 Å². The minimum Gasteiger partial charge on any atom is -0.493 e. The molecule has 3 heterocycles. The second-order valence-electron chi connectivity index (χ2n) is 10.3. The maximum atomic E-state index is 13.5. The van der Waals surface area contributed by atoms with Crippen molar-refractivity contribution in [2.75, 3.05) is 39.3 Å². The minimum atomic E-state index is -0.877. The average molecular weight is 525 g/mol. The highest BCUT2D eigenvalue weighted by Gasteiger charge is 2.47. The van der Waals surface area contributed by atoms with Gasteiger partial charge in [-0.25, -0.2) is 0 Å². The summed E-state index contributed by atoms with van der Waals surface area (Å²) < 4.78 is 7.26. The van der Waals surface area contributed by atoms with Crippen molar-refractivity contribution in [3.05, 3.63) is 64.1 Å². The number of ether oxygens (including phenoxy) is 1. The van der Waals surface area contributed by atoms with E-state index in [1.165, 1.54) is 6.07 Å². The third-order valence-electron chi connectivity index (χ3n) is 7.84. The molecule has 4 rings (SSSR count). The molecule has 206 valence electrons. The lowest BCUT2D eigenvalue weighted by Gasteiger charge is -2.30. The fourth-order valence-corrected chi connectivity index (χ4v) is 5.81. The molecular formula is C29H40N4O5. The number of carboxylic acid groups (broad SMARTS) is 1. The first kappa shape index (κ1) is 27.9. The number of nitrogens with two attached hydrogens (primary N) is 1. The van der Waals surface area contributed by atoms with Crippen LogP contribution in [0.4, 0.5) is 0 Å². The van der Waals surface area contributed by atoms with Crippen LogP contribution in [-0.2, 0) is 22.6 Å². The SMILES string of the molecule is CCCCN(CCCN)C(=O)CN1C[C@H](c2ccc3c(c2)CCO3)[C@@H](C(=O)O)[C@@H]1CCn1ccccc1=O. The van der Waals surface area contributed by atoms with Crippen molar-refractivity contribution in [3.63, 3.8) is 0 Å². The zero-order valence-electron chi connectivity index (χ0n) is 22.3. The Balaban J connectivity index is 1.61. The monoisotopic (exact) mass is 524 g/mol. The lowest BCUT2D eigenvalue weighted by atomic mass is 9.83. The van der Waals surface area contributed by atoms with Gasteiger partial charge in [0.05, 0.1) is 19.1 Å². The molecular weight excluding hydrogens is 484 g/mol. The van der Waals surface area contributed by atoms with Crippen molar-refractivity contribution in [2.24, 2.45) is 11.7 Å². The molecule has 0 spiro atoms. The Morgan fingerprint density at radius 3 is 2.74 bits per heavy atom. The number of aliphatic carboxylic acids is 1. The van der Waals surface area contributed by atoms with Crippen LogP contribution in [0.3, 0.4) is 0 Å². The number of carbonyl (C=O) groups is 2. The summed E-state index contributed by atoms with van der Waals surface area (Å²) in [4.78, 5) is 42.4. The van der Waals surface area contributed by atoms with E-state index in [1.807, 2.05) is 21.9 Å². The van der Waals surface area contributed by atoms with Crippen molar-refractivity contribution >= 4 is 11.9 Å². The number of hydrogen-bond donors (Lipinski definition) is 2. The molecule has 1 aromatic carbocycles. The predicted molar refractivity (Wildman–Crippen MR) is 145 cm³/mol. The number of amides is 1. The van der Waals surface area contributed by atoms with E-state index in [-0.39, 0.29) is 30.0 Å². The quantitative estimate of drug-likeness (QED) is 0.413. The third kappa shape index (κ3) is 6.45. The van der Waals surface area contributed by atoms with Gasteiger partial charge in [-0.05, 0) is 49.1 Å². The van der Waals surface area contributed by atoms with Gasteiger partial charge >= 0.3 is 5.97 Å². The number of likely N-dealkylation sites (tertiary alicyclic amines) is 1. The predicted octanol–water partition coefficient (Wildman–Crippen LogP) is 2.32. The zero-order valence-corrected chi connectivity index (χ0v) is 22.3. The Morgan fingerprint density at radius 2 is 2.00 bits per heavy atom. The molecule has 0 saturated carbocycles. The minimum absolute atomic E-state index is 0.000852. The van der Waals surface area contributed by atoms with E-state index in [2.05, 4.69) is 13.0 Å². The number of hydrogen-bond acceptors (Lipinski definition) is 6. The summed E-state index contributed by atoms with van der Waals surface area (Å²) in [5.41, 5.74) is 7.66. The number of unbranched alkanes of at least 4 members (excludes halogenated alkanes) is 1. The zero-order chi connectivity index (χ0) is 27.1. The third-order valence-corrected chi connectivity index (χ3v) is 7.84. The first-order valence-electron chi connectivity index (χ1n) is 13.8. The molecule has 1 saturated heterocycles. The van der Waals surface area contributed by atoms with Gasteiger partial charge in [-0.3, -0.25) is 19.3 Å². The highest BCUT2D eigenvalue weighted by molar-refractivity contribution is 5.79. The fourth-order valence-electron chi connectivity index (χ4n) is 5.81. The molecule has 1 amide bonds. The number of fused-ring (bicyclic) bond motifs is 1. The molecule has 1 aromatic heterocycles. The van der Waals surface area contributed by atoms with Crippen LogP contribution in [0.2, 0.25) is 0 Å². The van der Waals surface area contributed by atoms with E-state index < -0.39 is 11.9 Å². The summed E-state index contributed by atoms with van der Waals surface area (Å²) in [6.07, 6.45) is 5.61. The summed E-state index contributed by atoms with van der Waals surface area (Å²) in [5, 5.41) is 10.4. The number of aryl methyl sites for hydroxylation is 1. The number of carbonyl (C=O) groups excluding carboxylic acids is 1. The lowest BCUT2D eigenvalue weighted by molar-refractivity contribution is -0.144. The molecule has 0 bridgehead atoms. The summed E-state index contributed by atoms with van der Waals surface area (Å²) in [6, 6.07) is 10.6. The van der Waals surface area contributed by atoms with Crippen molar-refractivity contribution in [2.45, 2.75) is 57.5 Å². The summed E-state index contributed by atoms with van der Waals surface area (Å²) >= 11 is 0. The van der Waals surface area contributed by atoms with E-state index in [1.54, 1.807) is 22.9 Å². The number of nitrogens with zero attached hydrogens (tertiary/aromatic N) is 3. The summed E-state index contributed by atoms with van der Waals surface area (Å²) in [6.45, 7) is 5.52. The summed E-state index contributed by atoms with van der Waals surface area (Å²) in [7, 11) is 0. The van der Waals surface area contributed by atoms with Gasteiger partial charge in [-0.2, -0.15) is 0 Å². The Kier molecular flexibility index (Phi) is 9.58. The number of carboxylic acids is 1. The highest BCUT2D eigenvalue weighted by atomic mass is 16.5. The molecule has 2 aromatic rings. The van der Waals surface area contributed by atoms with Crippen molar-refractivity contribution in [1.82, 2.24) is 14.4 Å². The van der Waals surface area contributed by atoms with Crippen molar-refractivity contribution in [3.8, 4) is 5.75 Å². The van der Waals surface area contributed by atoms with Crippen LogP contribution in [0, 0.1) is 5.92 Å². The van der Waals surface area contributed by atoms with Gasteiger partial charge in [-0.15, -0.1) is 0 Å². The van der Waals surface area contributed by atoms with Gasteiger partial charge < -0.3 is 25.0 Å². The van der Waals surface area contributed by atoms with Crippen LogP contribution in [0.15, 0.2) is 47.4 Å². The number of benzene rings is 1. The molecule has 38 heavy (non-hydrogen) atoms. The molecule has 3 N–H and O–H groups in total. The molecule has 2 aliphatic heterocycles. The number of pyridine rings is 1. The van der Waals surface area contributed by atoms with E-state index in [4.69, 9.17) is 10.5 Å². The van der Waals surface area contributed by atoms with E-state index in [0.717, 1.165) is 42.6 Å². The topological polar surface area (TPSA) is 118 Å². The van der Waals surface area contributed by atoms with Crippen LogP contribution >= 0.6 is 0 Å². The van der Waals surface area contributed by atoms with Crippen LogP contribution in [0.25, 0.3) is 0 Å². The maximum absolute atomic E-state index is 13.5. The first-order valence-corrected chi connectivity index (χ1v) is 13.8. The van der Waals surface area contributed by atoms with Crippen LogP contribution < -0.4 is 16.0 Å². The average Bonchev–Trinajstić information content (AvgIpc) is 3.52. The molecule has 0 aliphatic carbocycles. The fraction of sp³-hybridized carbons (Fsp3) is 0.552. The molecule has 1 fully saturated rings. The summed E-state index contributed by atoms with van der Waals surface area (Å²) in [5.74, 6) is -0.983. The Morgan fingerprint density at radius 1 is 1.18 bits per heavy atom. The Labute approximate surface area is 224 Å². The Hall–Kier alpha value is -3.17. The highest BCUT2D eigenvalue weighted by Crippen LogP contribution is 2.41. The van der Waals surface area contributed by atoms with E-state index in [0.29, 0.717) is 45.8 Å². The molecule has 0 unspecified atom stereocenters. The maximum Gasteiger partial charge on any atom is 0.308 e. The van der Waals surface area contributed by atoms with E-state index in [9.17, 15) is 19.5 Å². The van der Waals surface area contributed by atoms with Gasteiger partial charge in [-0.1, -0.05) is 31.5 Å². The molecule has 3 atom stereocenters. The van der Waals surface area contributed by atoms with Crippen molar-refractivity contribution < 1.29 is 19.4 Å². The smallest absolute Gasteiger partial charge is 0.308 e. The van der Waals surface area contributed by atoms with E-state index >= 15 is 0 Å². The van der Waals surface area contributed by atoms with Crippen LogP contribution in [0.1, 0.15) is 49.7 Å². The van der Waals surface area contributed by atoms with Gasteiger partial charge in [0.15, 0.2) is 0 Å².